The van der Waals surface area contributed by atoms with E-state index in [1.54, 1.807) is 18.4 Å². The maximum atomic E-state index is 14.2. The maximum Gasteiger partial charge on any atom is 0.338 e. The van der Waals surface area contributed by atoms with Crippen molar-refractivity contribution in [3.63, 3.8) is 0 Å². The van der Waals surface area contributed by atoms with E-state index in [2.05, 4.69) is 60.9 Å². The van der Waals surface area contributed by atoms with E-state index in [1.807, 2.05) is 62.4 Å². The zero-order valence-corrected chi connectivity index (χ0v) is 27.7. The molecule has 0 fully saturated rings. The number of nitrogens with zero attached hydrogens (tertiary/aromatic N) is 3. The highest BCUT2D eigenvalue weighted by atomic mass is 32.1. The van der Waals surface area contributed by atoms with Crippen molar-refractivity contribution in [2.45, 2.75) is 53.7 Å². The van der Waals surface area contributed by atoms with Crippen LogP contribution in [0.2, 0.25) is 0 Å². The van der Waals surface area contributed by atoms with Crippen LogP contribution in [0, 0.1) is 13.8 Å². The van der Waals surface area contributed by atoms with E-state index in [9.17, 15) is 9.59 Å². The minimum Gasteiger partial charge on any atom is -0.491 e. The van der Waals surface area contributed by atoms with Gasteiger partial charge in [0.1, 0.15) is 5.75 Å². The first kappa shape index (κ1) is 31.0. The van der Waals surface area contributed by atoms with Crippen LogP contribution in [-0.2, 0) is 9.53 Å². The number of allylic oxidation sites excluding steroid dienone is 1. The summed E-state index contributed by atoms with van der Waals surface area (Å²) in [5.41, 5.74) is 7.88. The SMILES string of the molecule is CCOC(=O)C1=C(C)N=c2s/c(=C\c3cc(C)n(-c4ccc(-c5ccccc5)cc4)c3C)c(=O)n2[C@H]1c1ccc(OC(C)C)cc1. The Morgan fingerprint density at radius 3 is 2.28 bits per heavy atom. The first-order valence-corrected chi connectivity index (χ1v) is 16.3. The van der Waals surface area contributed by atoms with E-state index in [0.717, 1.165) is 39.5 Å². The number of aromatic nitrogens is 2. The molecule has 0 spiro atoms. The zero-order valence-electron chi connectivity index (χ0n) is 26.9. The fourth-order valence-electron chi connectivity index (χ4n) is 6.01. The lowest BCUT2D eigenvalue weighted by Gasteiger charge is -2.25. The zero-order chi connectivity index (χ0) is 32.5. The van der Waals surface area contributed by atoms with E-state index < -0.39 is 12.0 Å². The number of carbonyl (C=O) groups excluding carboxylic acids is 1. The molecule has 46 heavy (non-hydrogen) atoms. The minimum absolute atomic E-state index is 0.0244. The second-order valence-corrected chi connectivity index (χ2v) is 12.6. The van der Waals surface area contributed by atoms with Gasteiger partial charge in [0.2, 0.25) is 0 Å². The molecule has 1 aliphatic rings. The van der Waals surface area contributed by atoms with Gasteiger partial charge >= 0.3 is 5.97 Å². The van der Waals surface area contributed by atoms with Gasteiger partial charge in [0.15, 0.2) is 4.80 Å². The molecule has 0 unspecified atom stereocenters. The third-order valence-corrected chi connectivity index (χ3v) is 9.06. The molecule has 6 rings (SSSR count). The van der Waals surface area contributed by atoms with E-state index >= 15 is 0 Å². The van der Waals surface area contributed by atoms with Crippen LogP contribution >= 0.6 is 11.3 Å². The Hall–Kier alpha value is -4.95. The van der Waals surface area contributed by atoms with Crippen molar-refractivity contribution >= 4 is 23.4 Å². The van der Waals surface area contributed by atoms with Gasteiger partial charge in [0.05, 0.1) is 34.6 Å². The molecule has 0 N–H and O–H groups in total. The average Bonchev–Trinajstić information content (AvgIpc) is 3.50. The Labute approximate surface area is 272 Å². The first-order chi connectivity index (χ1) is 22.2. The molecule has 0 aliphatic carbocycles. The number of carbonyl (C=O) groups is 1. The quantitative estimate of drug-likeness (QED) is 0.180. The molecule has 0 amide bonds. The third kappa shape index (κ3) is 5.88. The molecule has 3 aromatic carbocycles. The predicted molar refractivity (Wildman–Crippen MR) is 183 cm³/mol. The molecule has 8 heteroatoms. The fraction of sp³-hybridized carbons (Fsp3) is 0.237. The van der Waals surface area contributed by atoms with Gasteiger partial charge in [-0.2, -0.15) is 0 Å². The molecular weight excluding hydrogens is 595 g/mol. The summed E-state index contributed by atoms with van der Waals surface area (Å²) in [6.45, 7) is 11.9. The number of esters is 1. The van der Waals surface area contributed by atoms with Gasteiger partial charge in [-0.3, -0.25) is 9.36 Å². The molecular formula is C38H37N3O4S. The van der Waals surface area contributed by atoms with Gasteiger partial charge in [-0.25, -0.2) is 9.79 Å². The second kappa shape index (κ2) is 12.8. The van der Waals surface area contributed by atoms with Crippen LogP contribution in [0.3, 0.4) is 0 Å². The molecule has 7 nitrogen and oxygen atoms in total. The van der Waals surface area contributed by atoms with Crippen LogP contribution < -0.4 is 19.6 Å². The Bertz CT molecular complexity index is 2120. The molecule has 2 aromatic heterocycles. The van der Waals surface area contributed by atoms with Crippen molar-refractivity contribution < 1.29 is 14.3 Å². The summed E-state index contributed by atoms with van der Waals surface area (Å²) in [5.74, 6) is 0.238. The number of thiazole rings is 1. The Morgan fingerprint density at radius 2 is 1.63 bits per heavy atom. The summed E-state index contributed by atoms with van der Waals surface area (Å²) >= 11 is 1.32. The van der Waals surface area contributed by atoms with Crippen molar-refractivity contribution in [2.75, 3.05) is 6.61 Å². The lowest BCUT2D eigenvalue weighted by molar-refractivity contribution is -0.139. The topological polar surface area (TPSA) is 74.8 Å². The molecule has 3 heterocycles. The normalized spacial score (nSPS) is 14.8. The number of benzene rings is 3. The number of hydrogen-bond donors (Lipinski definition) is 0. The molecule has 1 aliphatic heterocycles. The van der Waals surface area contributed by atoms with Crippen LogP contribution in [0.1, 0.15) is 56.3 Å². The molecule has 234 valence electrons. The summed E-state index contributed by atoms with van der Waals surface area (Å²) in [7, 11) is 0. The number of ether oxygens (including phenoxy) is 2. The Balaban J connectivity index is 1.42. The van der Waals surface area contributed by atoms with Gasteiger partial charge in [-0.05, 0) is 100 Å². The highest BCUT2D eigenvalue weighted by molar-refractivity contribution is 7.07. The smallest absolute Gasteiger partial charge is 0.338 e. The molecule has 0 saturated carbocycles. The van der Waals surface area contributed by atoms with Gasteiger partial charge in [-0.15, -0.1) is 0 Å². The van der Waals surface area contributed by atoms with Crippen molar-refractivity contribution in [3.8, 4) is 22.6 Å². The molecule has 0 saturated heterocycles. The van der Waals surface area contributed by atoms with Gasteiger partial charge < -0.3 is 14.0 Å². The highest BCUT2D eigenvalue weighted by Crippen LogP contribution is 2.32. The van der Waals surface area contributed by atoms with E-state index in [1.165, 1.54) is 16.9 Å². The maximum absolute atomic E-state index is 14.2. The van der Waals surface area contributed by atoms with Gasteiger partial charge in [-0.1, -0.05) is 65.9 Å². The Morgan fingerprint density at radius 1 is 0.957 bits per heavy atom. The summed E-state index contributed by atoms with van der Waals surface area (Å²) < 4.78 is 15.6. The fourth-order valence-corrected chi connectivity index (χ4v) is 7.05. The van der Waals surface area contributed by atoms with Gasteiger partial charge in [0.25, 0.3) is 5.56 Å². The summed E-state index contributed by atoms with van der Waals surface area (Å²) in [6.07, 6.45) is 1.96. The van der Waals surface area contributed by atoms with Crippen LogP contribution in [0.25, 0.3) is 22.9 Å². The first-order valence-electron chi connectivity index (χ1n) is 15.5. The molecule has 5 aromatic rings. The summed E-state index contributed by atoms with van der Waals surface area (Å²) in [4.78, 5) is 32.7. The molecule has 0 bridgehead atoms. The minimum atomic E-state index is -0.680. The Kier molecular flexibility index (Phi) is 8.65. The van der Waals surface area contributed by atoms with Crippen LogP contribution in [0.4, 0.5) is 0 Å². The number of rotatable bonds is 8. The molecule has 0 radical (unpaired) electrons. The number of fused-ring (bicyclic) bond motifs is 1. The van der Waals surface area contributed by atoms with Crippen LogP contribution in [0.15, 0.2) is 106 Å². The summed E-state index contributed by atoms with van der Waals surface area (Å²) in [6, 6.07) is 27.8. The van der Waals surface area contributed by atoms with Crippen molar-refractivity contribution in [1.29, 1.82) is 0 Å². The summed E-state index contributed by atoms with van der Waals surface area (Å²) in [5, 5.41) is 0. The lowest BCUT2D eigenvalue weighted by atomic mass is 9.96. The lowest BCUT2D eigenvalue weighted by Crippen LogP contribution is -2.39. The monoisotopic (exact) mass is 631 g/mol. The van der Waals surface area contributed by atoms with E-state index in [-0.39, 0.29) is 18.3 Å². The van der Waals surface area contributed by atoms with Gasteiger partial charge in [0, 0.05) is 17.1 Å². The highest BCUT2D eigenvalue weighted by Gasteiger charge is 2.33. The number of hydrogen-bond acceptors (Lipinski definition) is 6. The number of aryl methyl sites for hydroxylation is 1. The van der Waals surface area contributed by atoms with Crippen molar-refractivity contribution in [1.82, 2.24) is 9.13 Å². The van der Waals surface area contributed by atoms with Crippen LogP contribution in [0.5, 0.6) is 5.75 Å². The van der Waals surface area contributed by atoms with Crippen LogP contribution in [-0.4, -0.2) is 27.8 Å². The van der Waals surface area contributed by atoms with Crippen molar-refractivity contribution in [2.24, 2.45) is 4.99 Å². The van der Waals surface area contributed by atoms with E-state index in [4.69, 9.17) is 14.5 Å². The average molecular weight is 632 g/mol. The van der Waals surface area contributed by atoms with E-state index in [0.29, 0.717) is 20.6 Å². The third-order valence-electron chi connectivity index (χ3n) is 8.07. The standard InChI is InChI=1S/C38H37N3O4S/c1-7-44-37(43)34-25(5)39-38-41(35(34)29-15-19-32(20-16-29)45-23(2)3)36(42)33(46-38)22-30-21-24(4)40(26(30)6)31-17-13-28(14-18-31)27-11-9-8-10-12-27/h8-23,35H,7H2,1-6H3/b33-22-/t35-/m0/s1. The molecule has 1 atom stereocenters. The van der Waals surface area contributed by atoms with Crippen molar-refractivity contribution in [3.05, 3.63) is 138 Å². The second-order valence-electron chi connectivity index (χ2n) is 11.6. The largest absolute Gasteiger partial charge is 0.491 e. The predicted octanol–water partition coefficient (Wildman–Crippen LogP) is 6.66.